The first kappa shape index (κ1) is 13.4. The van der Waals surface area contributed by atoms with Gasteiger partial charge in [0.2, 0.25) is 0 Å². The lowest BCUT2D eigenvalue weighted by atomic mass is 10.2. The first-order valence-corrected chi connectivity index (χ1v) is 7.59. The molecule has 22 heavy (non-hydrogen) atoms. The number of nitrogens with zero attached hydrogens (tertiary/aromatic N) is 5. The van der Waals surface area contributed by atoms with Crippen LogP contribution >= 0.6 is 11.6 Å². The first-order valence-electron chi connectivity index (χ1n) is 7.22. The molecular weight excluding hydrogens is 298 g/mol. The van der Waals surface area contributed by atoms with Crippen molar-refractivity contribution in [3.05, 3.63) is 53.3 Å². The molecule has 2 heterocycles. The van der Waals surface area contributed by atoms with Gasteiger partial charge in [0, 0.05) is 23.3 Å². The van der Waals surface area contributed by atoms with Gasteiger partial charge in [-0.25, -0.2) is 19.6 Å². The van der Waals surface area contributed by atoms with Gasteiger partial charge in [0.1, 0.15) is 6.33 Å². The van der Waals surface area contributed by atoms with Crippen LogP contribution in [-0.2, 0) is 0 Å². The number of hydrogen-bond donors (Lipinski definition) is 0. The van der Waals surface area contributed by atoms with Crippen molar-refractivity contribution in [3.8, 4) is 17.1 Å². The summed E-state index contributed by atoms with van der Waals surface area (Å²) in [4.78, 5) is 12.9. The van der Waals surface area contributed by atoms with Crippen LogP contribution in [0.5, 0.6) is 0 Å². The Morgan fingerprint density at radius 3 is 2.68 bits per heavy atom. The zero-order chi connectivity index (χ0) is 15.1. The molecule has 0 unspecified atom stereocenters. The minimum absolute atomic E-state index is 0.476. The molecule has 5 nitrogen and oxygen atoms in total. The van der Waals surface area contributed by atoms with Gasteiger partial charge >= 0.3 is 0 Å². The van der Waals surface area contributed by atoms with Gasteiger partial charge in [0.25, 0.3) is 0 Å². The van der Waals surface area contributed by atoms with E-state index in [2.05, 4.69) is 9.97 Å². The lowest BCUT2D eigenvalue weighted by molar-refractivity contribution is 0.833. The fourth-order valence-electron chi connectivity index (χ4n) is 2.44. The molecule has 1 aliphatic rings. The Bertz CT molecular complexity index is 824. The maximum atomic E-state index is 6.26. The van der Waals surface area contributed by atoms with Crippen LogP contribution < -0.4 is 0 Å². The van der Waals surface area contributed by atoms with Crippen molar-refractivity contribution >= 4 is 11.6 Å². The van der Waals surface area contributed by atoms with Crippen LogP contribution in [0.2, 0.25) is 5.02 Å². The van der Waals surface area contributed by atoms with E-state index in [0.29, 0.717) is 5.92 Å². The molecule has 1 aliphatic carbocycles. The SMILES string of the molecule is Cc1c(Cl)cccc1-n1nc(C2CC2)nc1-c1cncnc1. The van der Waals surface area contributed by atoms with Gasteiger partial charge in [-0.2, -0.15) is 5.10 Å². The highest BCUT2D eigenvalue weighted by molar-refractivity contribution is 6.31. The molecule has 0 spiro atoms. The topological polar surface area (TPSA) is 56.5 Å². The highest BCUT2D eigenvalue weighted by Gasteiger charge is 2.30. The molecule has 0 amide bonds. The molecule has 1 saturated carbocycles. The normalized spacial score (nSPS) is 14.3. The second-order valence-corrected chi connectivity index (χ2v) is 5.90. The number of hydrogen-bond acceptors (Lipinski definition) is 4. The monoisotopic (exact) mass is 311 g/mol. The Labute approximate surface area is 133 Å². The molecule has 1 fully saturated rings. The maximum absolute atomic E-state index is 6.26. The minimum Gasteiger partial charge on any atom is -0.244 e. The van der Waals surface area contributed by atoms with E-state index < -0.39 is 0 Å². The van der Waals surface area contributed by atoms with E-state index >= 15 is 0 Å². The van der Waals surface area contributed by atoms with Gasteiger partial charge in [0.15, 0.2) is 11.6 Å². The average Bonchev–Trinajstić information content (AvgIpc) is 3.30. The fraction of sp³-hybridized carbons (Fsp3) is 0.250. The molecule has 110 valence electrons. The number of aromatic nitrogens is 5. The van der Waals surface area contributed by atoms with E-state index in [-0.39, 0.29) is 0 Å². The Morgan fingerprint density at radius 1 is 1.18 bits per heavy atom. The molecular formula is C16H14ClN5. The van der Waals surface area contributed by atoms with E-state index in [4.69, 9.17) is 21.7 Å². The quantitative estimate of drug-likeness (QED) is 0.742. The molecule has 0 saturated heterocycles. The molecule has 0 N–H and O–H groups in total. The summed E-state index contributed by atoms with van der Waals surface area (Å²) in [5.74, 6) is 2.12. The van der Waals surface area contributed by atoms with E-state index in [1.165, 1.54) is 6.33 Å². The lowest BCUT2D eigenvalue weighted by Gasteiger charge is -2.09. The molecule has 2 aromatic heterocycles. The number of rotatable bonds is 3. The smallest absolute Gasteiger partial charge is 0.166 e. The van der Waals surface area contributed by atoms with Gasteiger partial charge in [-0.15, -0.1) is 0 Å². The lowest BCUT2D eigenvalue weighted by Crippen LogP contribution is -2.03. The van der Waals surface area contributed by atoms with E-state index in [0.717, 1.165) is 46.3 Å². The van der Waals surface area contributed by atoms with Crippen LogP contribution in [0.25, 0.3) is 17.1 Å². The molecule has 1 aromatic carbocycles. The average molecular weight is 312 g/mol. The summed E-state index contributed by atoms with van der Waals surface area (Å²) in [7, 11) is 0. The van der Waals surface area contributed by atoms with Crippen molar-refractivity contribution in [3.63, 3.8) is 0 Å². The van der Waals surface area contributed by atoms with Crippen LogP contribution in [0.3, 0.4) is 0 Å². The van der Waals surface area contributed by atoms with Gasteiger partial charge in [-0.05, 0) is 37.5 Å². The number of halogens is 1. The highest BCUT2D eigenvalue weighted by Crippen LogP contribution is 2.39. The summed E-state index contributed by atoms with van der Waals surface area (Å²) in [5.41, 5.74) is 2.77. The van der Waals surface area contributed by atoms with E-state index in [9.17, 15) is 0 Å². The molecule has 0 bridgehead atoms. The third-order valence-corrected chi connectivity index (χ3v) is 4.26. The zero-order valence-corrected chi connectivity index (χ0v) is 12.8. The first-order chi connectivity index (χ1) is 10.7. The summed E-state index contributed by atoms with van der Waals surface area (Å²) in [6.07, 6.45) is 7.33. The Hall–Kier alpha value is -2.27. The van der Waals surface area contributed by atoms with Gasteiger partial charge < -0.3 is 0 Å². The van der Waals surface area contributed by atoms with Gasteiger partial charge in [0.05, 0.1) is 11.3 Å². The van der Waals surface area contributed by atoms with E-state index in [1.807, 2.05) is 29.8 Å². The standard InChI is InChI=1S/C16H14ClN5/c1-10-13(17)3-2-4-14(10)22-16(12-7-18-9-19-8-12)20-15(21-22)11-5-6-11/h2-4,7-9,11H,5-6H2,1H3. The Balaban J connectivity index is 1.92. The third-order valence-electron chi connectivity index (χ3n) is 3.85. The van der Waals surface area contributed by atoms with Crippen molar-refractivity contribution in [1.29, 1.82) is 0 Å². The van der Waals surface area contributed by atoms with Crippen LogP contribution in [0.4, 0.5) is 0 Å². The largest absolute Gasteiger partial charge is 0.244 e. The molecule has 3 aromatic rings. The van der Waals surface area contributed by atoms with Crippen LogP contribution in [0.1, 0.15) is 30.1 Å². The summed E-state index contributed by atoms with van der Waals surface area (Å²) in [6.45, 7) is 1.99. The second kappa shape index (κ2) is 5.18. The van der Waals surface area contributed by atoms with E-state index in [1.54, 1.807) is 12.4 Å². The van der Waals surface area contributed by atoms with Crippen LogP contribution in [0.15, 0.2) is 36.9 Å². The zero-order valence-electron chi connectivity index (χ0n) is 12.1. The van der Waals surface area contributed by atoms with Crippen molar-refractivity contribution in [1.82, 2.24) is 24.7 Å². The molecule has 0 radical (unpaired) electrons. The Kier molecular flexibility index (Phi) is 3.15. The molecule has 6 heteroatoms. The van der Waals surface area contributed by atoms with Crippen molar-refractivity contribution < 1.29 is 0 Å². The maximum Gasteiger partial charge on any atom is 0.166 e. The summed E-state index contributed by atoms with van der Waals surface area (Å²) in [6, 6.07) is 5.80. The van der Waals surface area contributed by atoms with Crippen molar-refractivity contribution in [2.75, 3.05) is 0 Å². The second-order valence-electron chi connectivity index (χ2n) is 5.49. The fourth-order valence-corrected chi connectivity index (χ4v) is 2.61. The third kappa shape index (κ3) is 2.27. The van der Waals surface area contributed by atoms with Gasteiger partial charge in [-0.3, -0.25) is 0 Å². The molecule has 4 rings (SSSR count). The molecule has 0 aliphatic heterocycles. The summed E-state index contributed by atoms with van der Waals surface area (Å²) < 4.78 is 1.85. The predicted octanol–water partition coefficient (Wildman–Crippen LogP) is 3.56. The Morgan fingerprint density at radius 2 is 1.95 bits per heavy atom. The van der Waals surface area contributed by atoms with Gasteiger partial charge in [-0.1, -0.05) is 17.7 Å². The van der Waals surface area contributed by atoms with Crippen LogP contribution in [0, 0.1) is 6.92 Å². The summed E-state index contributed by atoms with van der Waals surface area (Å²) in [5, 5.41) is 5.43. The van der Waals surface area contributed by atoms with Crippen molar-refractivity contribution in [2.45, 2.75) is 25.7 Å². The molecule has 0 atom stereocenters. The minimum atomic E-state index is 0.476. The predicted molar refractivity (Wildman–Crippen MR) is 84.1 cm³/mol. The number of benzene rings is 1. The van der Waals surface area contributed by atoms with Crippen molar-refractivity contribution in [2.24, 2.45) is 0 Å². The van der Waals surface area contributed by atoms with Crippen LogP contribution in [-0.4, -0.2) is 24.7 Å². The summed E-state index contributed by atoms with van der Waals surface area (Å²) >= 11 is 6.26. The highest BCUT2D eigenvalue weighted by atomic mass is 35.5.